The third-order valence-electron chi connectivity index (χ3n) is 5.80. The number of amides is 3. The van der Waals surface area contributed by atoms with Crippen LogP contribution in [0.2, 0.25) is 0 Å². The molecule has 0 aliphatic carbocycles. The highest BCUT2D eigenvalue weighted by Gasteiger charge is 2.36. The van der Waals surface area contributed by atoms with Gasteiger partial charge in [-0.25, -0.2) is 8.42 Å². The van der Waals surface area contributed by atoms with Crippen LogP contribution in [0.3, 0.4) is 0 Å². The van der Waals surface area contributed by atoms with Gasteiger partial charge in [-0.1, -0.05) is 17.3 Å². The number of hydrogen-bond donors (Lipinski definition) is 0. The Morgan fingerprint density at radius 1 is 1.03 bits per heavy atom. The van der Waals surface area contributed by atoms with Gasteiger partial charge in [0, 0.05) is 39.1 Å². The highest BCUT2D eigenvalue weighted by Crippen LogP contribution is 2.25. The van der Waals surface area contributed by atoms with Gasteiger partial charge in [0.05, 0.1) is 11.1 Å². The zero-order valence-corrected chi connectivity index (χ0v) is 18.7. The van der Waals surface area contributed by atoms with Crippen LogP contribution in [0.5, 0.6) is 0 Å². The molecule has 2 aromatic rings. The molecule has 3 amide bonds. The number of imide groups is 1. The Kier molecular flexibility index (Phi) is 5.87. The third-order valence-corrected chi connectivity index (χ3v) is 7.94. The summed E-state index contributed by atoms with van der Waals surface area (Å²) in [6, 6.07) is 6.58. The number of fused-ring (bicyclic) bond motifs is 1. The van der Waals surface area contributed by atoms with E-state index in [4.69, 9.17) is 4.52 Å². The molecule has 170 valence electrons. The first-order valence-corrected chi connectivity index (χ1v) is 11.8. The summed E-state index contributed by atoms with van der Waals surface area (Å²) in [5.41, 5.74) is 1.00. The fourth-order valence-electron chi connectivity index (χ4n) is 4.16. The predicted molar refractivity (Wildman–Crippen MR) is 112 cm³/mol. The Balaban J connectivity index is 1.38. The van der Waals surface area contributed by atoms with Crippen molar-refractivity contribution in [2.45, 2.75) is 31.6 Å². The Morgan fingerprint density at radius 3 is 2.28 bits per heavy atom. The number of benzene rings is 1. The van der Waals surface area contributed by atoms with Gasteiger partial charge in [-0.3, -0.25) is 19.3 Å². The number of carbonyl (C=O) groups is 3. The van der Waals surface area contributed by atoms with Gasteiger partial charge in [0.25, 0.3) is 11.8 Å². The van der Waals surface area contributed by atoms with Gasteiger partial charge in [0.15, 0.2) is 5.76 Å². The summed E-state index contributed by atoms with van der Waals surface area (Å²) in [6.45, 7) is 4.16. The zero-order valence-electron chi connectivity index (χ0n) is 17.9. The van der Waals surface area contributed by atoms with Crippen LogP contribution in [0.15, 0.2) is 33.7 Å². The van der Waals surface area contributed by atoms with Crippen LogP contribution in [0.4, 0.5) is 0 Å². The van der Waals surface area contributed by atoms with Crippen molar-refractivity contribution in [2.75, 3.05) is 32.7 Å². The average molecular weight is 461 g/mol. The summed E-state index contributed by atoms with van der Waals surface area (Å²) in [5.74, 6) is -0.782. The average Bonchev–Trinajstić information content (AvgIpc) is 3.09. The van der Waals surface area contributed by atoms with Crippen LogP contribution in [0.1, 0.15) is 45.0 Å². The van der Waals surface area contributed by atoms with E-state index in [1.165, 1.54) is 4.31 Å². The molecule has 3 heterocycles. The van der Waals surface area contributed by atoms with E-state index in [9.17, 15) is 22.8 Å². The molecule has 1 aromatic carbocycles. The van der Waals surface area contributed by atoms with Gasteiger partial charge in [-0.15, -0.1) is 0 Å². The Labute approximate surface area is 185 Å². The van der Waals surface area contributed by atoms with Crippen molar-refractivity contribution in [3.8, 4) is 0 Å². The minimum atomic E-state index is -3.78. The molecule has 32 heavy (non-hydrogen) atoms. The number of carbonyl (C=O) groups excluding carboxylic acids is 3. The lowest BCUT2D eigenvalue weighted by Crippen LogP contribution is -2.39. The molecule has 10 nitrogen and oxygen atoms in total. The number of sulfonamides is 1. The van der Waals surface area contributed by atoms with Crippen molar-refractivity contribution in [3.63, 3.8) is 0 Å². The fraction of sp³-hybridized carbons (Fsp3) is 0.429. The molecule has 1 fully saturated rings. The van der Waals surface area contributed by atoms with Gasteiger partial charge in [-0.2, -0.15) is 4.31 Å². The molecule has 4 rings (SSSR count). The van der Waals surface area contributed by atoms with Crippen LogP contribution in [0, 0.1) is 13.8 Å². The summed E-state index contributed by atoms with van der Waals surface area (Å²) in [4.78, 5) is 40.5. The minimum absolute atomic E-state index is 0.0111. The van der Waals surface area contributed by atoms with E-state index in [2.05, 4.69) is 5.16 Å². The number of hydrogen-bond acceptors (Lipinski definition) is 7. The highest BCUT2D eigenvalue weighted by molar-refractivity contribution is 7.89. The molecule has 2 aliphatic rings. The number of nitrogens with zero attached hydrogens (tertiary/aromatic N) is 4. The van der Waals surface area contributed by atoms with E-state index in [0.29, 0.717) is 29.8 Å². The van der Waals surface area contributed by atoms with Crippen molar-refractivity contribution in [1.82, 2.24) is 19.3 Å². The molecule has 0 spiro atoms. The lowest BCUT2D eigenvalue weighted by atomic mass is 10.1. The minimum Gasteiger partial charge on any atom is -0.360 e. The number of rotatable bonds is 5. The van der Waals surface area contributed by atoms with E-state index in [1.54, 1.807) is 43.0 Å². The molecule has 0 saturated carbocycles. The molecule has 0 atom stereocenters. The van der Waals surface area contributed by atoms with Crippen molar-refractivity contribution >= 4 is 27.7 Å². The van der Waals surface area contributed by atoms with E-state index in [1.807, 2.05) is 0 Å². The summed E-state index contributed by atoms with van der Waals surface area (Å²) in [6.07, 6.45) is 0.462. The van der Waals surface area contributed by atoms with Gasteiger partial charge < -0.3 is 9.42 Å². The standard InChI is InChI=1S/C21H24N4O6S/c1-14-19(15(2)31-22-14)32(29,30)24-10-5-9-23(12-13-24)18(26)8-11-25-20(27)16-6-3-4-7-17(16)21(25)28/h3-4,6-7H,5,8-13H2,1-2H3. The summed E-state index contributed by atoms with van der Waals surface area (Å²) in [7, 11) is -3.78. The summed E-state index contributed by atoms with van der Waals surface area (Å²) < 4.78 is 32.4. The second kappa shape index (κ2) is 8.47. The largest absolute Gasteiger partial charge is 0.360 e. The van der Waals surface area contributed by atoms with Crippen molar-refractivity contribution < 1.29 is 27.3 Å². The molecule has 0 bridgehead atoms. The SMILES string of the molecule is Cc1noc(C)c1S(=O)(=O)N1CCCN(C(=O)CCN2C(=O)c3ccccc3C2=O)CC1. The van der Waals surface area contributed by atoms with Gasteiger partial charge in [-0.05, 0) is 32.4 Å². The maximum absolute atomic E-state index is 13.0. The maximum Gasteiger partial charge on any atom is 0.261 e. The number of aryl methyl sites for hydroxylation is 2. The van der Waals surface area contributed by atoms with E-state index in [-0.39, 0.29) is 49.2 Å². The molecule has 1 aromatic heterocycles. The number of aromatic nitrogens is 1. The normalized spacial score (nSPS) is 17.6. The van der Waals surface area contributed by atoms with Gasteiger partial charge >= 0.3 is 0 Å². The quantitative estimate of drug-likeness (QED) is 0.615. The third kappa shape index (κ3) is 3.82. The van der Waals surface area contributed by atoms with Crippen LogP contribution in [0.25, 0.3) is 0 Å². The second-order valence-corrected chi connectivity index (χ2v) is 9.72. The molecule has 0 unspecified atom stereocenters. The topological polar surface area (TPSA) is 121 Å². The van der Waals surface area contributed by atoms with Gasteiger partial charge in [0.2, 0.25) is 15.9 Å². The van der Waals surface area contributed by atoms with Crippen LogP contribution in [-0.4, -0.2) is 78.1 Å². The first-order chi connectivity index (χ1) is 15.2. The molecule has 0 radical (unpaired) electrons. The summed E-state index contributed by atoms with van der Waals surface area (Å²) in [5, 5.41) is 3.73. The molecule has 0 N–H and O–H groups in total. The molecular weight excluding hydrogens is 436 g/mol. The fourth-order valence-corrected chi connectivity index (χ4v) is 5.92. The molecule has 11 heteroatoms. The maximum atomic E-state index is 13.0. The van der Waals surface area contributed by atoms with Crippen molar-refractivity contribution in [2.24, 2.45) is 0 Å². The van der Waals surface area contributed by atoms with Crippen LogP contribution < -0.4 is 0 Å². The van der Waals surface area contributed by atoms with Crippen LogP contribution in [-0.2, 0) is 14.8 Å². The Hall–Kier alpha value is -3.05. The van der Waals surface area contributed by atoms with E-state index < -0.39 is 21.8 Å². The highest BCUT2D eigenvalue weighted by atomic mass is 32.2. The van der Waals surface area contributed by atoms with Crippen molar-refractivity contribution in [3.05, 3.63) is 46.8 Å². The second-order valence-electron chi connectivity index (χ2n) is 7.85. The first-order valence-electron chi connectivity index (χ1n) is 10.4. The predicted octanol–water partition coefficient (Wildman–Crippen LogP) is 1.20. The molecule has 2 aliphatic heterocycles. The Morgan fingerprint density at radius 2 is 1.69 bits per heavy atom. The lowest BCUT2D eigenvalue weighted by Gasteiger charge is -2.23. The zero-order chi connectivity index (χ0) is 23.0. The monoisotopic (exact) mass is 460 g/mol. The van der Waals surface area contributed by atoms with Gasteiger partial charge in [0.1, 0.15) is 10.6 Å². The van der Waals surface area contributed by atoms with Crippen LogP contribution >= 0.6 is 0 Å². The Bertz CT molecular complexity index is 1130. The molecule has 1 saturated heterocycles. The molecular formula is C21H24N4O6S. The van der Waals surface area contributed by atoms with E-state index >= 15 is 0 Å². The van der Waals surface area contributed by atoms with Crippen molar-refractivity contribution in [1.29, 1.82) is 0 Å². The van der Waals surface area contributed by atoms with E-state index in [0.717, 1.165) is 4.90 Å². The summed E-state index contributed by atoms with van der Waals surface area (Å²) >= 11 is 0. The smallest absolute Gasteiger partial charge is 0.261 e. The first kappa shape index (κ1) is 22.2. The lowest BCUT2D eigenvalue weighted by molar-refractivity contribution is -0.131.